The number of rotatable bonds is 5. The fourth-order valence-electron chi connectivity index (χ4n) is 0.887. The molecule has 0 saturated heterocycles. The van der Waals surface area contributed by atoms with Crippen LogP contribution in [0.5, 0.6) is 0 Å². The van der Waals surface area contributed by atoms with Gasteiger partial charge in [-0.15, -0.1) is 0 Å². The van der Waals surface area contributed by atoms with Crippen LogP contribution in [0.3, 0.4) is 0 Å². The van der Waals surface area contributed by atoms with Gasteiger partial charge in [-0.3, -0.25) is 14.2 Å². The summed E-state index contributed by atoms with van der Waals surface area (Å²) < 4.78 is 10.7. The van der Waals surface area contributed by atoms with Crippen LogP contribution in [0, 0.1) is 5.92 Å². The zero-order chi connectivity index (χ0) is 11.5. The van der Waals surface area contributed by atoms with E-state index < -0.39 is 37.5 Å². The van der Waals surface area contributed by atoms with Crippen LogP contribution >= 0.6 is 7.60 Å². The molecule has 0 aromatic heterocycles. The Morgan fingerprint density at radius 3 is 1.93 bits per heavy atom. The first-order chi connectivity index (χ1) is 6.16. The number of carboxylic acids is 2. The Morgan fingerprint density at radius 1 is 1.29 bits per heavy atom. The first kappa shape index (κ1) is 13.1. The van der Waals surface area contributed by atoms with E-state index in [9.17, 15) is 14.2 Å². The van der Waals surface area contributed by atoms with Crippen molar-refractivity contribution in [2.75, 3.05) is 0 Å². The number of hydrogen-bond donors (Lipinski definition) is 4. The van der Waals surface area contributed by atoms with Crippen LogP contribution in [-0.2, 0) is 14.2 Å². The summed E-state index contributed by atoms with van der Waals surface area (Å²) in [5.41, 5.74) is -1.50. The monoisotopic (exact) mass is 226 g/mol. The lowest BCUT2D eigenvalue weighted by atomic mass is 10.0. The zero-order valence-corrected chi connectivity index (χ0v) is 8.22. The lowest BCUT2D eigenvalue weighted by Gasteiger charge is -2.19. The van der Waals surface area contributed by atoms with Crippen LogP contribution in [-0.4, -0.2) is 37.6 Å². The van der Waals surface area contributed by atoms with Crippen LogP contribution in [0.15, 0.2) is 0 Å². The number of carbonyl (C=O) groups is 2. The molecule has 0 aliphatic carbocycles. The minimum Gasteiger partial charge on any atom is -0.481 e. The summed E-state index contributed by atoms with van der Waals surface area (Å²) in [7, 11) is -4.57. The maximum Gasteiger partial charge on any atom is 0.329 e. The molecule has 0 heterocycles. The molecule has 0 spiro atoms. The molecule has 2 unspecified atom stereocenters. The summed E-state index contributed by atoms with van der Waals surface area (Å²) in [6.45, 7) is 1.02. The highest BCUT2D eigenvalue weighted by Gasteiger charge is 2.37. The third-order valence-electron chi connectivity index (χ3n) is 1.82. The maximum absolute atomic E-state index is 10.7. The van der Waals surface area contributed by atoms with Crippen LogP contribution in [0.25, 0.3) is 0 Å². The Hall–Kier alpha value is -0.910. The molecule has 0 amide bonds. The predicted octanol–water partition coefficient (Wildman–Crippen LogP) is -0.272. The second-order valence-electron chi connectivity index (χ2n) is 2.87. The summed E-state index contributed by atoms with van der Waals surface area (Å²) in [5, 5.41) is 16.9. The minimum absolute atomic E-state index is 0.804. The van der Waals surface area contributed by atoms with Gasteiger partial charge in [0.2, 0.25) is 0 Å². The Morgan fingerprint density at radius 2 is 1.71 bits per heavy atom. The van der Waals surface area contributed by atoms with Gasteiger partial charge >= 0.3 is 19.5 Å². The van der Waals surface area contributed by atoms with Crippen molar-refractivity contribution in [1.82, 2.24) is 0 Å². The van der Waals surface area contributed by atoms with Crippen molar-refractivity contribution in [2.24, 2.45) is 5.92 Å². The smallest absolute Gasteiger partial charge is 0.329 e. The molecule has 7 nitrogen and oxygen atoms in total. The molecular weight excluding hydrogens is 215 g/mol. The molecule has 0 aromatic carbocycles. The molecule has 0 fully saturated rings. The van der Waals surface area contributed by atoms with Gasteiger partial charge in [-0.1, -0.05) is 6.92 Å². The normalized spacial score (nSPS) is 15.9. The molecule has 0 bridgehead atoms. The van der Waals surface area contributed by atoms with Crippen molar-refractivity contribution in [3.8, 4) is 0 Å². The highest BCUT2D eigenvalue weighted by molar-refractivity contribution is 7.52. The first-order valence-corrected chi connectivity index (χ1v) is 5.34. The number of hydrogen-bond acceptors (Lipinski definition) is 3. The van der Waals surface area contributed by atoms with Crippen molar-refractivity contribution in [1.29, 1.82) is 0 Å². The van der Waals surface area contributed by atoms with Crippen molar-refractivity contribution in [2.45, 2.75) is 19.0 Å². The van der Waals surface area contributed by atoms with E-state index in [1.54, 1.807) is 0 Å². The van der Waals surface area contributed by atoms with Gasteiger partial charge in [0, 0.05) is 0 Å². The zero-order valence-electron chi connectivity index (χ0n) is 7.32. The SMILES string of the molecule is CC(C(CC(=O)O)C(=O)O)P(=O)(O)O. The summed E-state index contributed by atoms with van der Waals surface area (Å²) in [4.78, 5) is 38.1. The standard InChI is InChI=1S/C6H11O7P/c1-3(14(11,12)13)4(6(9)10)2-5(7)8/h3-4H,2H2,1H3,(H,7,8)(H,9,10)(H2,11,12,13). The van der Waals surface area contributed by atoms with Gasteiger partial charge < -0.3 is 20.0 Å². The molecule has 0 saturated carbocycles. The first-order valence-electron chi connectivity index (χ1n) is 3.66. The molecule has 0 radical (unpaired) electrons. The lowest BCUT2D eigenvalue weighted by Crippen LogP contribution is -2.28. The summed E-state index contributed by atoms with van der Waals surface area (Å²) in [6, 6.07) is 0. The topological polar surface area (TPSA) is 132 Å². The molecular formula is C6H11O7P. The van der Waals surface area contributed by atoms with Crippen LogP contribution < -0.4 is 0 Å². The van der Waals surface area contributed by atoms with E-state index in [4.69, 9.17) is 20.0 Å². The van der Waals surface area contributed by atoms with Gasteiger partial charge in [-0.25, -0.2) is 0 Å². The second kappa shape index (κ2) is 4.54. The third kappa shape index (κ3) is 3.87. The van der Waals surface area contributed by atoms with Gasteiger partial charge in [0.25, 0.3) is 0 Å². The maximum atomic E-state index is 10.7. The average Bonchev–Trinajstić information content (AvgIpc) is 1.96. The Labute approximate surface area is 79.5 Å². The molecule has 14 heavy (non-hydrogen) atoms. The Balaban J connectivity index is 4.75. The molecule has 0 aliphatic rings. The van der Waals surface area contributed by atoms with Gasteiger partial charge in [0.15, 0.2) is 0 Å². The number of carboxylic acid groups (broad SMARTS) is 2. The largest absolute Gasteiger partial charge is 0.481 e. The highest BCUT2D eigenvalue weighted by atomic mass is 31.2. The van der Waals surface area contributed by atoms with E-state index in [1.807, 2.05) is 0 Å². The van der Waals surface area contributed by atoms with Crippen LogP contribution in [0.2, 0.25) is 0 Å². The van der Waals surface area contributed by atoms with Crippen molar-refractivity contribution >= 4 is 19.5 Å². The number of aliphatic carboxylic acids is 2. The van der Waals surface area contributed by atoms with Gasteiger partial charge in [-0.05, 0) is 0 Å². The van der Waals surface area contributed by atoms with E-state index in [1.165, 1.54) is 0 Å². The highest BCUT2D eigenvalue weighted by Crippen LogP contribution is 2.45. The summed E-state index contributed by atoms with van der Waals surface area (Å²) in [6.07, 6.45) is -0.804. The Kier molecular flexibility index (Phi) is 4.25. The van der Waals surface area contributed by atoms with Gasteiger partial charge in [-0.2, -0.15) is 0 Å². The second-order valence-corrected chi connectivity index (χ2v) is 4.87. The van der Waals surface area contributed by atoms with E-state index in [0.29, 0.717) is 0 Å². The average molecular weight is 226 g/mol. The van der Waals surface area contributed by atoms with Crippen LogP contribution in [0.4, 0.5) is 0 Å². The summed E-state index contributed by atoms with van der Waals surface area (Å²) >= 11 is 0. The predicted molar refractivity (Wildman–Crippen MR) is 44.9 cm³/mol. The van der Waals surface area contributed by atoms with Crippen molar-refractivity contribution in [3.63, 3.8) is 0 Å². The fourth-order valence-corrected chi connectivity index (χ4v) is 1.59. The fraction of sp³-hybridized carbons (Fsp3) is 0.667. The minimum atomic E-state index is -4.57. The van der Waals surface area contributed by atoms with E-state index in [2.05, 4.69) is 0 Å². The Bertz CT molecular complexity index is 280. The van der Waals surface area contributed by atoms with E-state index in [0.717, 1.165) is 6.92 Å². The third-order valence-corrected chi connectivity index (χ3v) is 3.25. The molecule has 0 rings (SSSR count). The van der Waals surface area contributed by atoms with Gasteiger partial charge in [0.1, 0.15) is 0 Å². The molecule has 0 aliphatic heterocycles. The van der Waals surface area contributed by atoms with Crippen LogP contribution in [0.1, 0.15) is 13.3 Å². The molecule has 8 heteroatoms. The molecule has 4 N–H and O–H groups in total. The van der Waals surface area contributed by atoms with Crippen molar-refractivity contribution < 1.29 is 34.2 Å². The molecule has 0 aromatic rings. The molecule has 2 atom stereocenters. The lowest BCUT2D eigenvalue weighted by molar-refractivity contribution is -0.148. The van der Waals surface area contributed by atoms with Crippen molar-refractivity contribution in [3.05, 3.63) is 0 Å². The molecule has 82 valence electrons. The van der Waals surface area contributed by atoms with Gasteiger partial charge in [0.05, 0.1) is 18.0 Å². The van der Waals surface area contributed by atoms with E-state index >= 15 is 0 Å². The van der Waals surface area contributed by atoms with E-state index in [-0.39, 0.29) is 0 Å². The quantitative estimate of drug-likeness (QED) is 0.474. The summed E-state index contributed by atoms with van der Waals surface area (Å²) in [5.74, 6) is -4.51.